The van der Waals surface area contributed by atoms with Gasteiger partial charge in [0.25, 0.3) is 5.91 Å². The largest absolute Gasteiger partial charge is 0.494 e. The van der Waals surface area contributed by atoms with Gasteiger partial charge in [0.1, 0.15) is 10.8 Å². The maximum atomic E-state index is 12.5. The summed E-state index contributed by atoms with van der Waals surface area (Å²) in [6, 6.07) is 21.2. The maximum Gasteiger partial charge on any atom is 0.257 e. The van der Waals surface area contributed by atoms with Crippen molar-refractivity contribution < 1.29 is 9.53 Å². The molecule has 3 aromatic carbocycles. The molecule has 1 amide bonds. The predicted molar refractivity (Wildman–Crippen MR) is 145 cm³/mol. The number of hydrogen-bond donors (Lipinski definition) is 2. The number of ether oxygens (including phenoxy) is 1. The summed E-state index contributed by atoms with van der Waals surface area (Å²) >= 11 is 7.00. The molecular weight excluding hydrogens is 462 g/mol. The number of nitrogens with zero attached hydrogens (tertiary/aromatic N) is 1. The lowest BCUT2D eigenvalue weighted by Gasteiger charge is -2.11. The van der Waals surface area contributed by atoms with Gasteiger partial charge in [-0.05, 0) is 91.8 Å². The Kier molecular flexibility index (Phi) is 7.87. The van der Waals surface area contributed by atoms with Gasteiger partial charge < -0.3 is 10.1 Å². The third-order valence-electron chi connectivity index (χ3n) is 5.29. The molecule has 34 heavy (non-hydrogen) atoms. The van der Waals surface area contributed by atoms with Crippen LogP contribution < -0.4 is 15.4 Å². The number of fused-ring (bicyclic) bond motifs is 1. The third-order valence-corrected chi connectivity index (χ3v) is 6.57. The molecular formula is C27H27N3O2S2. The molecule has 0 aliphatic rings. The monoisotopic (exact) mass is 489 g/mol. The van der Waals surface area contributed by atoms with Gasteiger partial charge in [0.05, 0.1) is 16.8 Å². The van der Waals surface area contributed by atoms with Crippen molar-refractivity contribution in [3.63, 3.8) is 0 Å². The lowest BCUT2D eigenvalue weighted by molar-refractivity contribution is 0.0977. The highest BCUT2D eigenvalue weighted by atomic mass is 32.1. The average Bonchev–Trinajstić information content (AvgIpc) is 3.26. The van der Waals surface area contributed by atoms with Crippen molar-refractivity contribution in [1.29, 1.82) is 0 Å². The van der Waals surface area contributed by atoms with Crippen molar-refractivity contribution in [3.05, 3.63) is 77.9 Å². The molecule has 1 aromatic heterocycles. The molecule has 4 rings (SSSR count). The summed E-state index contributed by atoms with van der Waals surface area (Å²) in [5.74, 6) is 0.494. The summed E-state index contributed by atoms with van der Waals surface area (Å²) < 4.78 is 6.87. The Labute approximate surface area is 209 Å². The van der Waals surface area contributed by atoms with Gasteiger partial charge >= 0.3 is 0 Å². The van der Waals surface area contributed by atoms with Crippen LogP contribution in [0.1, 0.15) is 42.1 Å². The van der Waals surface area contributed by atoms with Crippen LogP contribution in [0.3, 0.4) is 0 Å². The minimum absolute atomic E-state index is 0.244. The van der Waals surface area contributed by atoms with Crippen LogP contribution in [0.2, 0.25) is 0 Å². The van der Waals surface area contributed by atoms with E-state index in [0.29, 0.717) is 12.2 Å². The molecule has 0 atom stereocenters. The number of nitrogens with one attached hydrogen (secondary N) is 2. The number of carbonyl (C=O) groups is 1. The van der Waals surface area contributed by atoms with E-state index >= 15 is 0 Å². The van der Waals surface area contributed by atoms with Crippen LogP contribution in [0.5, 0.6) is 5.75 Å². The number of unbranched alkanes of at least 4 members (excludes halogenated alkanes) is 2. The quantitative estimate of drug-likeness (QED) is 0.207. The smallest absolute Gasteiger partial charge is 0.257 e. The number of rotatable bonds is 8. The van der Waals surface area contributed by atoms with E-state index in [4.69, 9.17) is 21.9 Å². The summed E-state index contributed by atoms with van der Waals surface area (Å²) in [5, 5.41) is 7.00. The number of thiocarbonyl (C=S) groups is 1. The summed E-state index contributed by atoms with van der Waals surface area (Å²) in [7, 11) is 0. The van der Waals surface area contributed by atoms with Crippen LogP contribution in [0.4, 0.5) is 5.69 Å². The number of anilines is 1. The molecule has 7 heteroatoms. The lowest BCUT2D eigenvalue weighted by Crippen LogP contribution is -2.34. The number of amides is 1. The van der Waals surface area contributed by atoms with Gasteiger partial charge in [-0.3, -0.25) is 10.1 Å². The van der Waals surface area contributed by atoms with E-state index in [9.17, 15) is 4.79 Å². The zero-order valence-corrected chi connectivity index (χ0v) is 20.9. The molecule has 0 aliphatic carbocycles. The van der Waals surface area contributed by atoms with E-state index in [1.165, 1.54) is 10.3 Å². The Morgan fingerprint density at radius 3 is 2.53 bits per heavy atom. The summed E-state index contributed by atoms with van der Waals surface area (Å²) in [4.78, 5) is 17.2. The second kappa shape index (κ2) is 11.2. The molecule has 0 saturated heterocycles. The first-order valence-corrected chi connectivity index (χ1v) is 12.6. The number of carbonyl (C=O) groups excluding carboxylic acids is 1. The molecule has 0 aliphatic heterocycles. The first-order chi connectivity index (χ1) is 16.5. The van der Waals surface area contributed by atoms with Gasteiger partial charge in [-0.15, -0.1) is 11.3 Å². The Morgan fingerprint density at radius 2 is 1.79 bits per heavy atom. The van der Waals surface area contributed by atoms with Crippen molar-refractivity contribution in [2.24, 2.45) is 0 Å². The molecule has 0 spiro atoms. The Bertz CT molecular complexity index is 1280. The van der Waals surface area contributed by atoms with Crippen molar-refractivity contribution in [3.8, 4) is 16.3 Å². The topological polar surface area (TPSA) is 63.2 Å². The van der Waals surface area contributed by atoms with E-state index in [1.807, 2.05) is 24.3 Å². The van der Waals surface area contributed by atoms with Crippen LogP contribution in [0.25, 0.3) is 20.8 Å². The standard InChI is InChI=1S/C27H27N3O2S2/c1-3-4-5-16-32-22-13-9-19(10-14-22)25(31)30-27(33)28-21-11-7-20(8-12-21)26-29-23-15-6-18(2)17-24(23)34-26/h6-15,17H,3-5,16H2,1-2H3,(H2,28,30,31,33). The summed E-state index contributed by atoms with van der Waals surface area (Å²) in [6.45, 7) is 4.93. The minimum Gasteiger partial charge on any atom is -0.494 e. The van der Waals surface area contributed by atoms with Gasteiger partial charge in [0.2, 0.25) is 0 Å². The fourth-order valence-corrected chi connectivity index (χ4v) is 4.71. The first kappa shape index (κ1) is 23.9. The van der Waals surface area contributed by atoms with Crippen molar-refractivity contribution in [1.82, 2.24) is 10.3 Å². The molecule has 2 N–H and O–H groups in total. The van der Waals surface area contributed by atoms with Gasteiger partial charge in [0, 0.05) is 16.8 Å². The molecule has 0 fully saturated rings. The van der Waals surface area contributed by atoms with Gasteiger partial charge in [-0.2, -0.15) is 0 Å². The lowest BCUT2D eigenvalue weighted by atomic mass is 10.2. The van der Waals surface area contributed by atoms with Crippen LogP contribution in [0.15, 0.2) is 66.7 Å². The Balaban J connectivity index is 1.31. The van der Waals surface area contributed by atoms with E-state index in [0.717, 1.165) is 46.8 Å². The Hall–Kier alpha value is -3.29. The number of hydrogen-bond acceptors (Lipinski definition) is 5. The number of benzene rings is 3. The normalized spacial score (nSPS) is 10.8. The molecule has 5 nitrogen and oxygen atoms in total. The van der Waals surface area contributed by atoms with Crippen LogP contribution in [0, 0.1) is 6.92 Å². The van der Waals surface area contributed by atoms with Gasteiger partial charge in [-0.1, -0.05) is 25.8 Å². The molecule has 0 unspecified atom stereocenters. The molecule has 1 heterocycles. The number of thiazole rings is 1. The highest BCUT2D eigenvalue weighted by Gasteiger charge is 2.10. The predicted octanol–water partition coefficient (Wildman–Crippen LogP) is 6.97. The SMILES string of the molecule is CCCCCOc1ccc(C(=O)NC(=S)Nc2ccc(-c3nc4ccc(C)cc4s3)cc2)cc1. The zero-order chi connectivity index (χ0) is 23.9. The molecule has 174 valence electrons. The highest BCUT2D eigenvalue weighted by molar-refractivity contribution is 7.80. The second-order valence-electron chi connectivity index (χ2n) is 8.06. The van der Waals surface area contributed by atoms with Crippen molar-refractivity contribution in [2.75, 3.05) is 11.9 Å². The van der Waals surface area contributed by atoms with Gasteiger partial charge in [0.15, 0.2) is 5.11 Å². The van der Waals surface area contributed by atoms with E-state index < -0.39 is 0 Å². The first-order valence-electron chi connectivity index (χ1n) is 11.3. The van der Waals surface area contributed by atoms with E-state index in [2.05, 4.69) is 42.7 Å². The molecule has 0 saturated carbocycles. The van der Waals surface area contributed by atoms with Crippen LogP contribution in [-0.4, -0.2) is 22.6 Å². The zero-order valence-electron chi connectivity index (χ0n) is 19.3. The Morgan fingerprint density at radius 1 is 1.03 bits per heavy atom. The number of aromatic nitrogens is 1. The average molecular weight is 490 g/mol. The van der Waals surface area contributed by atoms with Gasteiger partial charge in [-0.25, -0.2) is 4.98 Å². The molecule has 0 bridgehead atoms. The minimum atomic E-state index is -0.267. The third kappa shape index (κ3) is 6.18. The van der Waals surface area contributed by atoms with Crippen molar-refractivity contribution in [2.45, 2.75) is 33.1 Å². The fourth-order valence-electron chi connectivity index (χ4n) is 3.43. The van der Waals surface area contributed by atoms with Crippen molar-refractivity contribution >= 4 is 50.5 Å². The highest BCUT2D eigenvalue weighted by Crippen LogP contribution is 2.31. The molecule has 4 aromatic rings. The number of aryl methyl sites for hydroxylation is 1. The fraction of sp³-hybridized carbons (Fsp3) is 0.222. The second-order valence-corrected chi connectivity index (χ2v) is 9.49. The van der Waals surface area contributed by atoms with E-state index in [1.54, 1.807) is 35.6 Å². The summed E-state index contributed by atoms with van der Waals surface area (Å²) in [6.07, 6.45) is 3.33. The van der Waals surface area contributed by atoms with Crippen LogP contribution in [-0.2, 0) is 0 Å². The molecule has 0 radical (unpaired) electrons. The van der Waals surface area contributed by atoms with E-state index in [-0.39, 0.29) is 11.0 Å². The summed E-state index contributed by atoms with van der Waals surface area (Å²) in [5.41, 5.74) is 4.59. The maximum absolute atomic E-state index is 12.5. The van der Waals surface area contributed by atoms with Crippen LogP contribution >= 0.6 is 23.6 Å².